The van der Waals surface area contributed by atoms with Crippen LogP contribution in [0, 0.1) is 19.8 Å². The van der Waals surface area contributed by atoms with Crippen molar-refractivity contribution in [1.29, 1.82) is 0 Å². The van der Waals surface area contributed by atoms with Crippen LogP contribution in [-0.4, -0.2) is 65.5 Å². The number of ether oxygens (including phenoxy) is 1. The summed E-state index contributed by atoms with van der Waals surface area (Å²) in [4.78, 5) is 5.40. The molecule has 1 saturated heterocycles. The van der Waals surface area contributed by atoms with Crippen molar-refractivity contribution in [2.24, 2.45) is 5.92 Å². The number of piperidine rings is 1. The van der Waals surface area contributed by atoms with Crippen LogP contribution < -0.4 is 0 Å². The summed E-state index contributed by atoms with van der Waals surface area (Å²) in [5, 5.41) is 4.82. The number of rotatable bonds is 9. The molecular formula is C27H42N4O. The molecule has 1 atom stereocenters. The lowest BCUT2D eigenvalue weighted by atomic mass is 9.95. The normalized spacial score (nSPS) is 19.9. The quantitative estimate of drug-likeness (QED) is 0.581. The number of likely N-dealkylation sites (tertiary alicyclic amines) is 1. The van der Waals surface area contributed by atoms with Crippen molar-refractivity contribution in [2.45, 2.75) is 72.0 Å². The highest BCUT2D eigenvalue weighted by atomic mass is 16.5. The van der Waals surface area contributed by atoms with Crippen LogP contribution in [0.5, 0.6) is 0 Å². The smallest absolute Gasteiger partial charge is 0.0641 e. The first kappa shape index (κ1) is 23.5. The maximum absolute atomic E-state index is 5.47. The maximum Gasteiger partial charge on any atom is 0.0641 e. The van der Waals surface area contributed by atoms with Crippen LogP contribution in [-0.2, 0) is 24.1 Å². The molecule has 0 amide bonds. The van der Waals surface area contributed by atoms with Gasteiger partial charge in [0.15, 0.2) is 0 Å². The third-order valence-corrected chi connectivity index (χ3v) is 7.57. The largest absolute Gasteiger partial charge is 0.383 e. The number of hydrogen-bond donors (Lipinski definition) is 0. The highest BCUT2D eigenvalue weighted by Gasteiger charge is 2.31. The Hall–Kier alpha value is -1.69. The molecule has 2 aromatic rings. The van der Waals surface area contributed by atoms with Gasteiger partial charge in [-0.25, -0.2) is 0 Å². The Morgan fingerprint density at radius 2 is 1.88 bits per heavy atom. The molecule has 176 valence electrons. The van der Waals surface area contributed by atoms with E-state index < -0.39 is 0 Å². The van der Waals surface area contributed by atoms with E-state index in [0.717, 1.165) is 32.2 Å². The fraction of sp³-hybridized carbons (Fsp3) is 0.667. The number of nitrogens with zero attached hydrogens (tertiary/aromatic N) is 4. The topological polar surface area (TPSA) is 33.5 Å². The zero-order chi connectivity index (χ0) is 22.7. The zero-order valence-corrected chi connectivity index (χ0v) is 20.8. The first-order chi connectivity index (χ1) is 15.5. The molecule has 1 aromatic carbocycles. The molecule has 1 aromatic heterocycles. The predicted octanol–water partition coefficient (Wildman–Crippen LogP) is 4.41. The third-order valence-electron chi connectivity index (χ3n) is 7.57. The van der Waals surface area contributed by atoms with Crippen LogP contribution in [0.1, 0.15) is 60.8 Å². The molecule has 2 heterocycles. The summed E-state index contributed by atoms with van der Waals surface area (Å²) < 4.78 is 7.65. The molecular weight excluding hydrogens is 396 g/mol. The first-order valence-electron chi connectivity index (χ1n) is 12.5. The Labute approximate surface area is 194 Å². The van der Waals surface area contributed by atoms with Crippen molar-refractivity contribution >= 4 is 0 Å². The SMILES string of the molecule is COCCN(Cc1c(C)nn(C(C)C)c1C)CC1CCCN(C2Cc3ccccc3C2)C1. The van der Waals surface area contributed by atoms with Gasteiger partial charge in [0.25, 0.3) is 0 Å². The van der Waals surface area contributed by atoms with Gasteiger partial charge in [-0.3, -0.25) is 14.5 Å². The van der Waals surface area contributed by atoms with Gasteiger partial charge in [-0.2, -0.15) is 5.10 Å². The van der Waals surface area contributed by atoms with E-state index in [4.69, 9.17) is 9.84 Å². The van der Waals surface area contributed by atoms with Crippen molar-refractivity contribution in [1.82, 2.24) is 19.6 Å². The molecule has 0 spiro atoms. The van der Waals surface area contributed by atoms with Gasteiger partial charge in [-0.05, 0) is 77.0 Å². The van der Waals surface area contributed by atoms with Crippen molar-refractivity contribution in [2.75, 3.05) is 39.9 Å². The Balaban J connectivity index is 1.40. The number of hydrogen-bond acceptors (Lipinski definition) is 4. The van der Waals surface area contributed by atoms with E-state index >= 15 is 0 Å². The van der Waals surface area contributed by atoms with Gasteiger partial charge in [0.1, 0.15) is 0 Å². The molecule has 5 nitrogen and oxygen atoms in total. The molecule has 1 aliphatic carbocycles. The van der Waals surface area contributed by atoms with Gasteiger partial charge in [-0.15, -0.1) is 0 Å². The van der Waals surface area contributed by atoms with Gasteiger partial charge in [-0.1, -0.05) is 24.3 Å². The summed E-state index contributed by atoms with van der Waals surface area (Å²) in [5.41, 5.74) is 7.01. The Morgan fingerprint density at radius 1 is 1.16 bits per heavy atom. The Bertz CT molecular complexity index is 865. The van der Waals surface area contributed by atoms with Crippen LogP contribution in [0.15, 0.2) is 24.3 Å². The molecule has 1 fully saturated rings. The fourth-order valence-electron chi connectivity index (χ4n) is 5.84. The molecule has 1 aliphatic heterocycles. The number of aromatic nitrogens is 2. The number of methoxy groups -OCH3 is 1. The number of benzene rings is 1. The summed E-state index contributed by atoms with van der Waals surface area (Å²) in [5.74, 6) is 0.727. The summed E-state index contributed by atoms with van der Waals surface area (Å²) in [7, 11) is 1.81. The fourth-order valence-corrected chi connectivity index (χ4v) is 5.84. The average Bonchev–Trinajstić information content (AvgIpc) is 3.34. The van der Waals surface area contributed by atoms with Gasteiger partial charge in [0.05, 0.1) is 12.3 Å². The minimum Gasteiger partial charge on any atom is -0.383 e. The highest BCUT2D eigenvalue weighted by Crippen LogP contribution is 2.29. The lowest BCUT2D eigenvalue weighted by Gasteiger charge is -2.39. The van der Waals surface area contributed by atoms with Crippen molar-refractivity contribution in [3.63, 3.8) is 0 Å². The van der Waals surface area contributed by atoms with E-state index in [1.807, 2.05) is 7.11 Å². The van der Waals surface area contributed by atoms with Crippen LogP contribution in [0.3, 0.4) is 0 Å². The van der Waals surface area contributed by atoms with Crippen molar-refractivity contribution < 1.29 is 4.74 Å². The summed E-state index contributed by atoms with van der Waals surface area (Å²) in [6, 6.07) is 10.1. The monoisotopic (exact) mass is 438 g/mol. The standard InChI is InChI=1S/C27H42N4O/c1-20(2)31-22(4)27(21(3)28-31)19-29(13-14-32-5)17-23-9-8-12-30(18-23)26-15-24-10-6-7-11-25(24)16-26/h6-7,10-11,20,23,26H,8-9,12-19H2,1-5H3. The van der Waals surface area contributed by atoms with Crippen LogP contribution in [0.4, 0.5) is 0 Å². The van der Waals surface area contributed by atoms with Gasteiger partial charge in [0, 0.05) is 56.6 Å². The Morgan fingerprint density at radius 3 is 2.50 bits per heavy atom. The first-order valence-corrected chi connectivity index (χ1v) is 12.5. The average molecular weight is 439 g/mol. The molecule has 5 heteroatoms. The van der Waals surface area contributed by atoms with Crippen molar-refractivity contribution in [3.05, 3.63) is 52.3 Å². The van der Waals surface area contributed by atoms with Gasteiger partial charge < -0.3 is 4.74 Å². The van der Waals surface area contributed by atoms with Crippen molar-refractivity contribution in [3.8, 4) is 0 Å². The highest BCUT2D eigenvalue weighted by molar-refractivity contribution is 5.33. The molecule has 0 bridgehead atoms. The summed E-state index contributed by atoms with van der Waals surface area (Å²) in [6.07, 6.45) is 5.11. The molecule has 0 saturated carbocycles. The Kier molecular flexibility index (Phi) is 7.70. The lowest BCUT2D eigenvalue weighted by Crippen LogP contribution is -2.46. The maximum atomic E-state index is 5.47. The van der Waals surface area contributed by atoms with Crippen LogP contribution >= 0.6 is 0 Å². The third kappa shape index (κ3) is 5.27. The number of fused-ring (bicyclic) bond motifs is 1. The molecule has 0 radical (unpaired) electrons. The van der Waals surface area contributed by atoms with Crippen LogP contribution in [0.2, 0.25) is 0 Å². The predicted molar refractivity (Wildman–Crippen MR) is 131 cm³/mol. The van der Waals surface area contributed by atoms with Gasteiger partial charge >= 0.3 is 0 Å². The van der Waals surface area contributed by atoms with Crippen LogP contribution in [0.25, 0.3) is 0 Å². The van der Waals surface area contributed by atoms with E-state index in [-0.39, 0.29) is 0 Å². The second kappa shape index (κ2) is 10.5. The second-order valence-corrected chi connectivity index (χ2v) is 10.2. The zero-order valence-electron chi connectivity index (χ0n) is 20.8. The minimum atomic E-state index is 0.400. The van der Waals surface area contributed by atoms with E-state index in [1.165, 1.54) is 55.7 Å². The lowest BCUT2D eigenvalue weighted by molar-refractivity contribution is 0.0842. The van der Waals surface area contributed by atoms with E-state index in [1.54, 1.807) is 11.1 Å². The van der Waals surface area contributed by atoms with E-state index in [2.05, 4.69) is 66.4 Å². The number of aryl methyl sites for hydroxylation is 1. The summed E-state index contributed by atoms with van der Waals surface area (Å²) >= 11 is 0. The molecule has 4 rings (SSSR count). The van der Waals surface area contributed by atoms with Gasteiger partial charge in [0.2, 0.25) is 0 Å². The molecule has 2 aliphatic rings. The molecule has 0 N–H and O–H groups in total. The van der Waals surface area contributed by atoms with E-state index in [9.17, 15) is 0 Å². The second-order valence-electron chi connectivity index (χ2n) is 10.2. The molecule has 32 heavy (non-hydrogen) atoms. The van der Waals surface area contributed by atoms with E-state index in [0.29, 0.717) is 12.1 Å². The minimum absolute atomic E-state index is 0.400. The molecule has 1 unspecified atom stereocenters. The summed E-state index contributed by atoms with van der Waals surface area (Å²) in [6.45, 7) is 15.2.